The van der Waals surface area contributed by atoms with Crippen LogP contribution in [-0.2, 0) is 23.0 Å². The van der Waals surface area contributed by atoms with Crippen LogP contribution in [0.4, 0.5) is 5.69 Å². The van der Waals surface area contributed by atoms with E-state index in [9.17, 15) is 13.2 Å². The molecule has 6 nitrogen and oxygen atoms in total. The SMILES string of the molecule is CN(Cc1ccc(N2CCCCC2)cc1)C(=O)c1ccc(CCNS(C)(=O)=O)s1. The quantitative estimate of drug-likeness (QED) is 0.692. The lowest BCUT2D eigenvalue weighted by atomic mass is 10.1. The Labute approximate surface area is 177 Å². The van der Waals surface area contributed by atoms with Gasteiger partial charge >= 0.3 is 0 Å². The number of benzene rings is 1. The van der Waals surface area contributed by atoms with Crippen molar-refractivity contribution in [2.24, 2.45) is 0 Å². The first-order chi connectivity index (χ1) is 13.8. The monoisotopic (exact) mass is 435 g/mol. The number of hydrogen-bond acceptors (Lipinski definition) is 5. The molecule has 2 aromatic rings. The molecule has 0 saturated carbocycles. The number of nitrogens with one attached hydrogen (secondary N) is 1. The molecule has 158 valence electrons. The second-order valence-corrected chi connectivity index (χ2v) is 10.6. The van der Waals surface area contributed by atoms with Crippen molar-refractivity contribution < 1.29 is 13.2 Å². The number of rotatable bonds is 8. The van der Waals surface area contributed by atoms with Crippen molar-refractivity contribution in [1.29, 1.82) is 0 Å². The summed E-state index contributed by atoms with van der Waals surface area (Å²) in [6, 6.07) is 12.2. The number of piperidine rings is 1. The Morgan fingerprint density at radius 2 is 1.79 bits per heavy atom. The zero-order chi connectivity index (χ0) is 20.9. The van der Waals surface area contributed by atoms with Gasteiger partial charge in [-0.3, -0.25) is 4.79 Å². The highest BCUT2D eigenvalue weighted by Crippen LogP contribution is 2.22. The van der Waals surface area contributed by atoms with E-state index in [4.69, 9.17) is 0 Å². The van der Waals surface area contributed by atoms with E-state index in [0.717, 1.165) is 29.8 Å². The van der Waals surface area contributed by atoms with Gasteiger partial charge < -0.3 is 9.80 Å². The molecule has 0 unspecified atom stereocenters. The zero-order valence-corrected chi connectivity index (χ0v) is 18.7. The number of hydrogen-bond donors (Lipinski definition) is 1. The van der Waals surface area contributed by atoms with Gasteiger partial charge in [0.15, 0.2) is 0 Å². The van der Waals surface area contributed by atoms with Crippen LogP contribution in [0, 0.1) is 0 Å². The highest BCUT2D eigenvalue weighted by Gasteiger charge is 2.16. The minimum Gasteiger partial charge on any atom is -0.372 e. The second kappa shape index (κ2) is 9.73. The Hall–Kier alpha value is -1.90. The first-order valence-electron chi connectivity index (χ1n) is 9.94. The maximum absolute atomic E-state index is 12.7. The number of amides is 1. The van der Waals surface area contributed by atoms with E-state index in [1.807, 2.05) is 19.2 Å². The lowest BCUT2D eigenvalue weighted by Crippen LogP contribution is -2.29. The van der Waals surface area contributed by atoms with E-state index < -0.39 is 10.0 Å². The molecule has 1 saturated heterocycles. The lowest BCUT2D eigenvalue weighted by molar-refractivity contribution is 0.0790. The van der Waals surface area contributed by atoms with Crippen molar-refractivity contribution in [2.45, 2.75) is 32.2 Å². The third-order valence-electron chi connectivity index (χ3n) is 5.03. The highest BCUT2D eigenvalue weighted by atomic mass is 32.2. The van der Waals surface area contributed by atoms with E-state index >= 15 is 0 Å². The Morgan fingerprint density at radius 3 is 2.45 bits per heavy atom. The fourth-order valence-corrected chi connectivity index (χ4v) is 4.96. The number of carbonyl (C=O) groups is 1. The molecule has 1 fully saturated rings. The molecule has 0 radical (unpaired) electrons. The highest BCUT2D eigenvalue weighted by molar-refractivity contribution is 7.88. The van der Waals surface area contributed by atoms with Gasteiger partial charge in [-0.15, -0.1) is 11.3 Å². The van der Waals surface area contributed by atoms with Crippen molar-refractivity contribution in [2.75, 3.05) is 37.8 Å². The normalized spacial score (nSPS) is 14.8. The van der Waals surface area contributed by atoms with Crippen LogP contribution in [0.2, 0.25) is 0 Å². The summed E-state index contributed by atoms with van der Waals surface area (Å²) in [7, 11) is -1.37. The molecule has 1 N–H and O–H groups in total. The predicted octanol–water partition coefficient (Wildman–Crippen LogP) is 3.10. The van der Waals surface area contributed by atoms with E-state index in [1.165, 1.54) is 36.3 Å². The van der Waals surface area contributed by atoms with Gasteiger partial charge in [0.25, 0.3) is 5.91 Å². The summed E-state index contributed by atoms with van der Waals surface area (Å²) >= 11 is 1.42. The number of thiophene rings is 1. The van der Waals surface area contributed by atoms with Crippen LogP contribution >= 0.6 is 11.3 Å². The van der Waals surface area contributed by atoms with Crippen molar-refractivity contribution in [3.8, 4) is 0 Å². The van der Waals surface area contributed by atoms with E-state index in [2.05, 4.69) is 33.9 Å². The Kier molecular flexibility index (Phi) is 7.32. The Morgan fingerprint density at radius 1 is 1.10 bits per heavy atom. The molecular formula is C21H29N3O3S2. The van der Waals surface area contributed by atoms with Gasteiger partial charge in [0.2, 0.25) is 10.0 Å². The molecule has 0 aliphatic carbocycles. The number of anilines is 1. The van der Waals surface area contributed by atoms with Crippen molar-refractivity contribution in [1.82, 2.24) is 9.62 Å². The smallest absolute Gasteiger partial charge is 0.263 e. The van der Waals surface area contributed by atoms with Crippen LogP contribution in [0.15, 0.2) is 36.4 Å². The molecule has 1 aliphatic rings. The van der Waals surface area contributed by atoms with Crippen molar-refractivity contribution >= 4 is 33.0 Å². The molecule has 3 rings (SSSR count). The van der Waals surface area contributed by atoms with Crippen LogP contribution in [0.1, 0.15) is 39.4 Å². The number of nitrogens with zero attached hydrogens (tertiary/aromatic N) is 2. The zero-order valence-electron chi connectivity index (χ0n) is 17.1. The summed E-state index contributed by atoms with van der Waals surface area (Å²) in [5.74, 6) is -0.0163. The first kappa shape index (κ1) is 21.8. The number of sulfonamides is 1. The van der Waals surface area contributed by atoms with E-state index in [0.29, 0.717) is 24.4 Å². The first-order valence-corrected chi connectivity index (χ1v) is 12.7. The summed E-state index contributed by atoms with van der Waals surface area (Å²) in [5, 5.41) is 0. The fourth-order valence-electron chi connectivity index (χ4n) is 3.48. The van der Waals surface area contributed by atoms with Crippen molar-refractivity contribution in [3.63, 3.8) is 0 Å². The molecule has 1 aromatic carbocycles. The van der Waals surface area contributed by atoms with Crippen molar-refractivity contribution in [3.05, 3.63) is 51.7 Å². The topological polar surface area (TPSA) is 69.7 Å². The minimum absolute atomic E-state index is 0.0163. The van der Waals surface area contributed by atoms with Gasteiger partial charge in [0.05, 0.1) is 11.1 Å². The summed E-state index contributed by atoms with van der Waals surface area (Å²) in [5.41, 5.74) is 2.36. The molecule has 0 bridgehead atoms. The third kappa shape index (κ3) is 6.55. The molecule has 8 heteroatoms. The standard InChI is InChI=1S/C21H29N3O3S2/c1-23(16-17-6-8-18(9-7-17)24-14-4-3-5-15-24)21(25)20-11-10-19(28-20)12-13-22-29(2,26)27/h6-11,22H,3-5,12-16H2,1-2H3. The summed E-state index contributed by atoms with van der Waals surface area (Å²) < 4.78 is 24.7. The van der Waals surface area contributed by atoms with Gasteiger partial charge in [0.1, 0.15) is 0 Å². The number of carbonyl (C=O) groups excluding carboxylic acids is 1. The fraction of sp³-hybridized carbons (Fsp3) is 0.476. The largest absolute Gasteiger partial charge is 0.372 e. The molecule has 0 spiro atoms. The molecular weight excluding hydrogens is 406 g/mol. The molecule has 1 amide bonds. The average molecular weight is 436 g/mol. The Bertz CT molecular complexity index is 917. The second-order valence-electron chi connectivity index (χ2n) is 7.56. The summed E-state index contributed by atoms with van der Waals surface area (Å²) in [4.78, 5) is 18.5. The van der Waals surface area contributed by atoms with Gasteiger partial charge in [-0.05, 0) is 55.5 Å². The van der Waals surface area contributed by atoms with Gasteiger partial charge in [-0.1, -0.05) is 12.1 Å². The third-order valence-corrected chi connectivity index (χ3v) is 6.89. The van der Waals surface area contributed by atoms with Gasteiger partial charge in [-0.2, -0.15) is 0 Å². The average Bonchev–Trinajstić information content (AvgIpc) is 3.16. The Balaban J connectivity index is 1.53. The van der Waals surface area contributed by atoms with Gasteiger partial charge in [0, 0.05) is 43.8 Å². The van der Waals surface area contributed by atoms with Crippen LogP contribution in [0.3, 0.4) is 0 Å². The molecule has 1 aromatic heterocycles. The van der Waals surface area contributed by atoms with E-state index in [1.54, 1.807) is 4.90 Å². The molecule has 2 heterocycles. The molecule has 0 atom stereocenters. The van der Waals surface area contributed by atoms with Gasteiger partial charge in [-0.25, -0.2) is 13.1 Å². The molecule has 29 heavy (non-hydrogen) atoms. The summed E-state index contributed by atoms with van der Waals surface area (Å²) in [6.45, 7) is 3.14. The van der Waals surface area contributed by atoms with Crippen LogP contribution in [-0.4, -0.2) is 52.2 Å². The maximum atomic E-state index is 12.7. The minimum atomic E-state index is -3.19. The lowest BCUT2D eigenvalue weighted by Gasteiger charge is -2.29. The maximum Gasteiger partial charge on any atom is 0.263 e. The van der Waals surface area contributed by atoms with Crippen LogP contribution < -0.4 is 9.62 Å². The molecule has 1 aliphatic heterocycles. The van der Waals surface area contributed by atoms with E-state index in [-0.39, 0.29) is 5.91 Å². The van der Waals surface area contributed by atoms with Crippen LogP contribution in [0.25, 0.3) is 0 Å². The predicted molar refractivity (Wildman–Crippen MR) is 119 cm³/mol. The summed E-state index contributed by atoms with van der Waals surface area (Å²) in [6.07, 6.45) is 5.55. The van der Waals surface area contributed by atoms with Crippen LogP contribution in [0.5, 0.6) is 0 Å².